The molecule has 4 rings (SSSR count). The lowest BCUT2D eigenvalue weighted by molar-refractivity contribution is -0.303. The number of allylic oxidation sites excluding steroid dienone is 2. The highest BCUT2D eigenvalue weighted by atomic mass is 19.4. The van der Waals surface area contributed by atoms with Crippen LogP contribution in [-0.4, -0.2) is 28.5 Å². The van der Waals surface area contributed by atoms with Gasteiger partial charge in [-0.2, -0.15) is 13.2 Å². The molecule has 3 nitrogen and oxygen atoms in total. The SMILES string of the molecule is C[C@]12C=CC(=O)C(=O)C1CC[C@@H]1[C@H]2CC[C@@]2(C)[C@H]1CCC2(O)C(F)(F)F. The van der Waals surface area contributed by atoms with E-state index in [1.807, 2.05) is 13.0 Å². The third-order valence-corrected chi connectivity index (χ3v) is 8.55. The number of aliphatic hydroxyl groups is 1. The van der Waals surface area contributed by atoms with Crippen LogP contribution in [0.1, 0.15) is 52.4 Å². The Morgan fingerprint density at radius 3 is 2.35 bits per heavy atom. The Morgan fingerprint density at radius 2 is 1.69 bits per heavy atom. The Bertz CT molecular complexity index is 699. The van der Waals surface area contributed by atoms with Gasteiger partial charge in [0.2, 0.25) is 11.6 Å². The summed E-state index contributed by atoms with van der Waals surface area (Å²) in [5.74, 6) is -1.22. The Labute approximate surface area is 151 Å². The van der Waals surface area contributed by atoms with Crippen LogP contribution in [0.15, 0.2) is 12.2 Å². The monoisotopic (exact) mass is 370 g/mol. The summed E-state index contributed by atoms with van der Waals surface area (Å²) in [7, 11) is 0. The molecule has 4 aliphatic carbocycles. The standard InChI is InChI=1S/C20H25F3O3/c1-17-8-7-15(24)16(25)14(17)4-3-11-12(17)5-9-18(2)13(11)6-10-19(18,26)20(21,22)23/h7-8,11-14,26H,3-6,9-10H2,1-2H3/t11-,12-,13+,14?,17-,18+,19?/m1/s1. The van der Waals surface area contributed by atoms with Gasteiger partial charge in [0.25, 0.3) is 0 Å². The van der Waals surface area contributed by atoms with E-state index in [1.165, 1.54) is 6.08 Å². The summed E-state index contributed by atoms with van der Waals surface area (Å²) in [6, 6.07) is 0. The molecule has 2 unspecified atom stereocenters. The van der Waals surface area contributed by atoms with E-state index in [4.69, 9.17) is 0 Å². The van der Waals surface area contributed by atoms with E-state index in [1.54, 1.807) is 6.92 Å². The Kier molecular flexibility index (Phi) is 3.65. The van der Waals surface area contributed by atoms with Crippen LogP contribution in [0, 0.1) is 34.5 Å². The van der Waals surface area contributed by atoms with E-state index >= 15 is 0 Å². The number of carbonyl (C=O) groups is 2. The maximum absolute atomic E-state index is 13.7. The lowest BCUT2D eigenvalue weighted by Crippen LogP contribution is -2.61. The predicted molar refractivity (Wildman–Crippen MR) is 88.0 cm³/mol. The number of ketones is 2. The Balaban J connectivity index is 1.71. The minimum absolute atomic E-state index is 0.0528. The molecule has 0 amide bonds. The molecule has 0 bridgehead atoms. The minimum atomic E-state index is -4.63. The summed E-state index contributed by atoms with van der Waals surface area (Å²) < 4.78 is 41.0. The third kappa shape index (κ3) is 2.00. The molecule has 0 spiro atoms. The topological polar surface area (TPSA) is 54.4 Å². The quantitative estimate of drug-likeness (QED) is 0.659. The van der Waals surface area contributed by atoms with Crippen LogP contribution in [-0.2, 0) is 9.59 Å². The van der Waals surface area contributed by atoms with Crippen LogP contribution in [0.5, 0.6) is 0 Å². The van der Waals surface area contributed by atoms with Crippen molar-refractivity contribution in [1.82, 2.24) is 0 Å². The van der Waals surface area contributed by atoms with E-state index < -0.39 is 28.4 Å². The number of hydrogen-bond donors (Lipinski definition) is 1. The van der Waals surface area contributed by atoms with Crippen LogP contribution >= 0.6 is 0 Å². The first kappa shape index (κ1) is 18.2. The highest BCUT2D eigenvalue weighted by Gasteiger charge is 2.72. The van der Waals surface area contributed by atoms with E-state index in [9.17, 15) is 27.9 Å². The Hall–Kier alpha value is -1.17. The number of carbonyl (C=O) groups excluding carboxylic acids is 2. The lowest BCUT2D eigenvalue weighted by atomic mass is 9.45. The normalized spacial score (nSPS) is 51.0. The summed E-state index contributed by atoms with van der Waals surface area (Å²) >= 11 is 0. The molecule has 6 heteroatoms. The largest absolute Gasteiger partial charge is 0.417 e. The van der Waals surface area contributed by atoms with E-state index in [2.05, 4.69) is 0 Å². The van der Waals surface area contributed by atoms with Gasteiger partial charge in [-0.05, 0) is 67.8 Å². The smallest absolute Gasteiger partial charge is 0.380 e. The number of fused-ring (bicyclic) bond motifs is 5. The van der Waals surface area contributed by atoms with E-state index in [-0.39, 0.29) is 35.9 Å². The number of hydrogen-bond acceptors (Lipinski definition) is 3. The minimum Gasteiger partial charge on any atom is -0.380 e. The molecule has 0 radical (unpaired) electrons. The third-order valence-electron chi connectivity index (χ3n) is 8.55. The zero-order chi connectivity index (χ0) is 19.1. The van der Waals surface area contributed by atoms with Gasteiger partial charge in [-0.1, -0.05) is 19.9 Å². The van der Waals surface area contributed by atoms with E-state index in [0.29, 0.717) is 32.1 Å². The van der Waals surface area contributed by atoms with Crippen LogP contribution in [0.3, 0.4) is 0 Å². The number of alkyl halides is 3. The van der Waals surface area contributed by atoms with Gasteiger partial charge in [-0.15, -0.1) is 0 Å². The molecule has 144 valence electrons. The lowest BCUT2D eigenvalue weighted by Gasteiger charge is -2.59. The van der Waals surface area contributed by atoms with Gasteiger partial charge >= 0.3 is 6.18 Å². The van der Waals surface area contributed by atoms with Crippen LogP contribution in [0.2, 0.25) is 0 Å². The maximum Gasteiger partial charge on any atom is 0.417 e. The van der Waals surface area contributed by atoms with Crippen LogP contribution in [0.25, 0.3) is 0 Å². The van der Waals surface area contributed by atoms with Crippen molar-refractivity contribution in [2.24, 2.45) is 34.5 Å². The molecule has 0 aromatic carbocycles. The molecule has 26 heavy (non-hydrogen) atoms. The van der Waals surface area contributed by atoms with Crippen LogP contribution < -0.4 is 0 Å². The molecule has 7 atom stereocenters. The van der Waals surface area contributed by atoms with Crippen molar-refractivity contribution >= 4 is 11.6 Å². The summed E-state index contributed by atoms with van der Waals surface area (Å²) in [6.07, 6.45) is 0.746. The molecule has 0 aromatic heterocycles. The average molecular weight is 370 g/mol. The molecule has 0 aromatic rings. The van der Waals surface area contributed by atoms with Gasteiger partial charge in [0.15, 0.2) is 5.60 Å². The molecule has 0 saturated heterocycles. The zero-order valence-corrected chi connectivity index (χ0v) is 15.1. The van der Waals surface area contributed by atoms with Crippen molar-refractivity contribution in [1.29, 1.82) is 0 Å². The van der Waals surface area contributed by atoms with Gasteiger partial charge in [-0.3, -0.25) is 9.59 Å². The second kappa shape index (κ2) is 5.21. The molecule has 0 aliphatic heterocycles. The molecule has 1 N–H and O–H groups in total. The highest BCUT2D eigenvalue weighted by molar-refractivity contribution is 6.43. The van der Waals surface area contributed by atoms with E-state index in [0.717, 1.165) is 0 Å². The summed E-state index contributed by atoms with van der Waals surface area (Å²) in [5, 5.41) is 10.6. The van der Waals surface area contributed by atoms with Gasteiger partial charge in [0.05, 0.1) is 0 Å². The first-order chi connectivity index (χ1) is 12.0. The van der Waals surface area contributed by atoms with Gasteiger partial charge in [0.1, 0.15) is 0 Å². The first-order valence-corrected chi connectivity index (χ1v) is 9.52. The second-order valence-electron chi connectivity index (χ2n) is 9.29. The maximum atomic E-state index is 13.7. The van der Waals surface area contributed by atoms with Gasteiger partial charge in [-0.25, -0.2) is 0 Å². The molecular weight excluding hydrogens is 345 g/mol. The fourth-order valence-electron chi connectivity index (χ4n) is 7.03. The van der Waals surface area contributed by atoms with Crippen molar-refractivity contribution in [3.63, 3.8) is 0 Å². The van der Waals surface area contributed by atoms with Crippen molar-refractivity contribution in [2.75, 3.05) is 0 Å². The molecule has 3 fully saturated rings. The molecule has 4 aliphatic rings. The summed E-state index contributed by atoms with van der Waals surface area (Å²) in [6.45, 7) is 3.59. The highest BCUT2D eigenvalue weighted by Crippen LogP contribution is 2.69. The fourth-order valence-corrected chi connectivity index (χ4v) is 7.03. The number of rotatable bonds is 0. The van der Waals surface area contributed by atoms with Crippen molar-refractivity contribution < 1.29 is 27.9 Å². The van der Waals surface area contributed by atoms with Crippen LogP contribution in [0.4, 0.5) is 13.2 Å². The summed E-state index contributed by atoms with van der Waals surface area (Å²) in [5.41, 5.74) is -4.26. The zero-order valence-electron chi connectivity index (χ0n) is 15.1. The number of Topliss-reactive ketones (excluding diaryl/α,β-unsaturated/α-hetero) is 1. The predicted octanol–water partition coefficient (Wildman–Crippen LogP) is 3.85. The second-order valence-corrected chi connectivity index (χ2v) is 9.29. The summed E-state index contributed by atoms with van der Waals surface area (Å²) in [4.78, 5) is 24.2. The molecular formula is C20H25F3O3. The molecule has 3 saturated carbocycles. The average Bonchev–Trinajstić information content (AvgIpc) is 2.84. The first-order valence-electron chi connectivity index (χ1n) is 9.52. The van der Waals surface area contributed by atoms with Crippen molar-refractivity contribution in [2.45, 2.75) is 64.1 Å². The van der Waals surface area contributed by atoms with Crippen molar-refractivity contribution in [3.8, 4) is 0 Å². The van der Waals surface area contributed by atoms with Gasteiger partial charge in [0, 0.05) is 11.3 Å². The van der Waals surface area contributed by atoms with Gasteiger partial charge < -0.3 is 5.11 Å². The van der Waals surface area contributed by atoms with Crippen molar-refractivity contribution in [3.05, 3.63) is 12.2 Å². The number of halogens is 3. The molecule has 0 heterocycles. The Morgan fingerprint density at radius 1 is 1.04 bits per heavy atom. The fraction of sp³-hybridized carbons (Fsp3) is 0.800.